The van der Waals surface area contributed by atoms with Gasteiger partial charge >= 0.3 is 6.18 Å². The second-order valence-corrected chi connectivity index (χ2v) is 5.73. The number of benzene rings is 2. The number of rotatable bonds is 4. The molecule has 2 aromatic carbocycles. The molecule has 136 valence electrons. The molecule has 0 fully saturated rings. The van der Waals surface area contributed by atoms with Gasteiger partial charge in [0.2, 0.25) is 0 Å². The molecular weight excluding hydrogens is 361 g/mol. The molecule has 1 heterocycles. The van der Waals surface area contributed by atoms with Gasteiger partial charge in [0.1, 0.15) is 0 Å². The van der Waals surface area contributed by atoms with Crippen molar-refractivity contribution in [1.29, 1.82) is 0 Å². The lowest BCUT2D eigenvalue weighted by molar-refractivity contribution is -0.137. The molecule has 0 atom stereocenters. The van der Waals surface area contributed by atoms with E-state index in [0.29, 0.717) is 12.1 Å². The minimum Gasteiger partial charge on any atom is -0.350 e. The number of halogens is 4. The van der Waals surface area contributed by atoms with Gasteiger partial charge in [-0.2, -0.15) is 13.2 Å². The van der Waals surface area contributed by atoms with E-state index in [1.54, 1.807) is 6.08 Å². The van der Waals surface area contributed by atoms with Crippen molar-refractivity contribution in [1.82, 2.24) is 4.57 Å². The zero-order chi connectivity index (χ0) is 17.9. The Balaban J connectivity index is 0.00000243. The maximum absolute atomic E-state index is 12.5. The largest absolute Gasteiger partial charge is 0.416 e. The first-order valence-electron chi connectivity index (χ1n) is 7.83. The standard InChI is InChI=1S/C20H17F3N2.ClH/c1-25-14-16(18-6-2-3-7-19(18)25)13-24-12-4-5-15-8-10-17(11-9-15)20(21,22)23;/h2-11,13-14H,12H2,1H3;1H/b5-4+,24-13?;. The molecule has 1 aromatic heterocycles. The third-order valence-corrected chi connectivity index (χ3v) is 3.92. The number of aromatic nitrogens is 1. The number of alkyl halides is 3. The molecule has 0 N–H and O–H groups in total. The Kier molecular flexibility index (Phi) is 6.27. The van der Waals surface area contributed by atoms with E-state index in [1.807, 2.05) is 37.7 Å². The molecule has 0 bridgehead atoms. The van der Waals surface area contributed by atoms with E-state index in [0.717, 1.165) is 28.6 Å². The van der Waals surface area contributed by atoms with Crippen molar-refractivity contribution in [3.63, 3.8) is 0 Å². The number of aliphatic imine (C=N–C) groups is 1. The van der Waals surface area contributed by atoms with Gasteiger partial charge in [-0.3, -0.25) is 4.99 Å². The number of aryl methyl sites for hydroxylation is 1. The summed E-state index contributed by atoms with van der Waals surface area (Å²) in [5, 5.41) is 1.14. The van der Waals surface area contributed by atoms with Crippen molar-refractivity contribution >= 4 is 35.6 Å². The summed E-state index contributed by atoms with van der Waals surface area (Å²) >= 11 is 0. The van der Waals surface area contributed by atoms with Crippen LogP contribution in [0.2, 0.25) is 0 Å². The van der Waals surface area contributed by atoms with Gasteiger partial charge in [-0.05, 0) is 23.8 Å². The van der Waals surface area contributed by atoms with E-state index in [9.17, 15) is 13.2 Å². The van der Waals surface area contributed by atoms with Gasteiger partial charge in [0.05, 0.1) is 12.1 Å². The summed E-state index contributed by atoms with van der Waals surface area (Å²) in [6, 6.07) is 13.2. The highest BCUT2D eigenvalue weighted by molar-refractivity contribution is 5.99. The number of para-hydroxylation sites is 1. The summed E-state index contributed by atoms with van der Waals surface area (Å²) in [5.74, 6) is 0. The van der Waals surface area contributed by atoms with Crippen molar-refractivity contribution in [2.24, 2.45) is 12.0 Å². The fraction of sp³-hybridized carbons (Fsp3) is 0.150. The minimum absolute atomic E-state index is 0. The summed E-state index contributed by atoms with van der Waals surface area (Å²) in [6.45, 7) is 0.463. The molecule has 2 nitrogen and oxygen atoms in total. The average molecular weight is 379 g/mol. The first kappa shape index (κ1) is 19.8. The Bertz CT molecular complexity index is 922. The second-order valence-electron chi connectivity index (χ2n) is 5.73. The predicted octanol–water partition coefficient (Wildman–Crippen LogP) is 5.75. The van der Waals surface area contributed by atoms with E-state index in [2.05, 4.69) is 21.7 Å². The van der Waals surface area contributed by atoms with Crippen molar-refractivity contribution in [3.05, 3.63) is 77.5 Å². The van der Waals surface area contributed by atoms with Crippen LogP contribution in [0.3, 0.4) is 0 Å². The zero-order valence-electron chi connectivity index (χ0n) is 14.1. The van der Waals surface area contributed by atoms with Crippen molar-refractivity contribution < 1.29 is 13.2 Å². The molecular formula is C20H18ClF3N2. The first-order valence-corrected chi connectivity index (χ1v) is 7.83. The number of hydrogen-bond donors (Lipinski definition) is 0. The second kappa shape index (κ2) is 8.23. The average Bonchev–Trinajstić information content (AvgIpc) is 2.91. The molecule has 0 saturated heterocycles. The van der Waals surface area contributed by atoms with Crippen LogP contribution in [0.4, 0.5) is 13.2 Å². The van der Waals surface area contributed by atoms with Crippen LogP contribution in [0.15, 0.2) is 65.8 Å². The Morgan fingerprint density at radius 1 is 1.04 bits per heavy atom. The Hall–Kier alpha value is -2.53. The van der Waals surface area contributed by atoms with Crippen molar-refractivity contribution in [2.45, 2.75) is 6.18 Å². The normalized spacial score (nSPS) is 12.2. The quantitative estimate of drug-likeness (QED) is 0.514. The van der Waals surface area contributed by atoms with E-state index >= 15 is 0 Å². The summed E-state index contributed by atoms with van der Waals surface area (Å²) in [5.41, 5.74) is 2.26. The van der Waals surface area contributed by atoms with Crippen LogP contribution >= 0.6 is 12.4 Å². The molecule has 6 heteroatoms. The lowest BCUT2D eigenvalue weighted by atomic mass is 10.1. The monoisotopic (exact) mass is 378 g/mol. The molecule has 0 aliphatic carbocycles. The van der Waals surface area contributed by atoms with E-state index in [4.69, 9.17) is 0 Å². The van der Waals surface area contributed by atoms with E-state index < -0.39 is 11.7 Å². The Morgan fingerprint density at radius 2 is 1.73 bits per heavy atom. The van der Waals surface area contributed by atoms with Crippen LogP contribution < -0.4 is 0 Å². The van der Waals surface area contributed by atoms with Crippen molar-refractivity contribution in [3.8, 4) is 0 Å². The SMILES string of the molecule is Cl.Cn1cc(C=NC/C=C/c2ccc(C(F)(F)F)cc2)c2ccccc21. The van der Waals surface area contributed by atoms with Crippen LogP contribution in [0, 0.1) is 0 Å². The predicted molar refractivity (Wildman–Crippen MR) is 103 cm³/mol. The van der Waals surface area contributed by atoms with Crippen LogP contribution in [-0.2, 0) is 13.2 Å². The third-order valence-electron chi connectivity index (χ3n) is 3.92. The lowest BCUT2D eigenvalue weighted by Gasteiger charge is -2.05. The molecule has 3 aromatic rings. The van der Waals surface area contributed by atoms with Crippen molar-refractivity contribution in [2.75, 3.05) is 6.54 Å². The first-order chi connectivity index (χ1) is 11.9. The van der Waals surface area contributed by atoms with Gasteiger partial charge < -0.3 is 4.57 Å². The van der Waals surface area contributed by atoms with Crippen LogP contribution in [-0.4, -0.2) is 17.3 Å². The molecule has 0 aliphatic heterocycles. The smallest absolute Gasteiger partial charge is 0.350 e. The highest BCUT2D eigenvalue weighted by atomic mass is 35.5. The highest BCUT2D eigenvalue weighted by Gasteiger charge is 2.29. The van der Waals surface area contributed by atoms with Gasteiger partial charge in [-0.1, -0.05) is 42.5 Å². The topological polar surface area (TPSA) is 17.3 Å². The van der Waals surface area contributed by atoms with Crippen LogP contribution in [0.25, 0.3) is 17.0 Å². The highest BCUT2D eigenvalue weighted by Crippen LogP contribution is 2.29. The summed E-state index contributed by atoms with van der Waals surface area (Å²) in [4.78, 5) is 4.37. The van der Waals surface area contributed by atoms with E-state index in [1.165, 1.54) is 12.1 Å². The third kappa shape index (κ3) is 4.55. The number of nitrogens with zero attached hydrogens (tertiary/aromatic N) is 2. The summed E-state index contributed by atoms with van der Waals surface area (Å²) in [6.07, 6.45) is 3.13. The molecule has 0 amide bonds. The molecule has 0 saturated carbocycles. The summed E-state index contributed by atoms with van der Waals surface area (Å²) in [7, 11) is 1.99. The fourth-order valence-electron chi connectivity index (χ4n) is 2.66. The van der Waals surface area contributed by atoms with Gasteiger partial charge in [0.15, 0.2) is 0 Å². The number of fused-ring (bicyclic) bond motifs is 1. The lowest BCUT2D eigenvalue weighted by Crippen LogP contribution is -2.03. The zero-order valence-corrected chi connectivity index (χ0v) is 14.9. The number of hydrogen-bond acceptors (Lipinski definition) is 1. The van der Waals surface area contributed by atoms with Crippen LogP contribution in [0.1, 0.15) is 16.7 Å². The van der Waals surface area contributed by atoms with Gasteiger partial charge in [-0.15, -0.1) is 12.4 Å². The Morgan fingerprint density at radius 3 is 2.42 bits per heavy atom. The van der Waals surface area contributed by atoms with Gasteiger partial charge in [0.25, 0.3) is 0 Å². The molecule has 0 spiro atoms. The molecule has 3 rings (SSSR count). The summed E-state index contributed by atoms with van der Waals surface area (Å²) < 4.78 is 39.6. The molecule has 0 unspecified atom stereocenters. The fourth-order valence-corrected chi connectivity index (χ4v) is 2.66. The molecule has 0 radical (unpaired) electrons. The van der Waals surface area contributed by atoms with Crippen LogP contribution in [0.5, 0.6) is 0 Å². The molecule has 26 heavy (non-hydrogen) atoms. The van der Waals surface area contributed by atoms with Gasteiger partial charge in [0, 0.05) is 35.9 Å². The minimum atomic E-state index is -4.30. The maximum atomic E-state index is 12.5. The Labute approximate surface area is 156 Å². The van der Waals surface area contributed by atoms with E-state index in [-0.39, 0.29) is 12.4 Å². The van der Waals surface area contributed by atoms with Gasteiger partial charge in [-0.25, -0.2) is 0 Å². The molecule has 0 aliphatic rings. The maximum Gasteiger partial charge on any atom is 0.416 e.